The first kappa shape index (κ1) is 21.0. The van der Waals surface area contributed by atoms with Gasteiger partial charge in [0.05, 0.1) is 0 Å². The molecular weight excluding hydrogens is 379 g/mol. The van der Waals surface area contributed by atoms with Crippen LogP contribution >= 0.6 is 0 Å². The van der Waals surface area contributed by atoms with Gasteiger partial charge in [-0.1, -0.05) is 0 Å². The highest BCUT2D eigenvalue weighted by molar-refractivity contribution is 5.71. The van der Waals surface area contributed by atoms with Crippen molar-refractivity contribution in [3.63, 3.8) is 0 Å². The van der Waals surface area contributed by atoms with Crippen molar-refractivity contribution in [3.05, 3.63) is 45.8 Å². The molecule has 2 aromatic heterocycles. The molecule has 1 fully saturated rings. The molecule has 0 saturated carbocycles. The molecule has 1 saturated heterocycles. The van der Waals surface area contributed by atoms with Crippen LogP contribution in [0.4, 0.5) is 9.18 Å². The number of carbonyl (C=O) groups is 1. The minimum Gasteiger partial charge on any atom is -0.618 e. The molecule has 1 amide bonds. The molecule has 0 atom stereocenters. The Morgan fingerprint density at radius 1 is 1.31 bits per heavy atom. The summed E-state index contributed by atoms with van der Waals surface area (Å²) in [5.74, 6) is -0.682. The zero-order valence-corrected chi connectivity index (χ0v) is 17.0. The van der Waals surface area contributed by atoms with Crippen molar-refractivity contribution in [2.45, 2.75) is 51.8 Å². The molecule has 9 heteroatoms. The second-order valence-electron chi connectivity index (χ2n) is 8.40. The van der Waals surface area contributed by atoms with Crippen LogP contribution in [-0.2, 0) is 11.3 Å². The average Bonchev–Trinajstić information content (AvgIpc) is 2.60. The molecule has 2 aromatic rings. The maximum Gasteiger partial charge on any atom is 0.407 e. The quantitative estimate of drug-likeness (QED) is 0.617. The molecule has 3 heterocycles. The summed E-state index contributed by atoms with van der Waals surface area (Å²) in [7, 11) is 0. The van der Waals surface area contributed by atoms with Gasteiger partial charge >= 0.3 is 6.09 Å². The normalized spacial score (nSPS) is 16.1. The fourth-order valence-corrected chi connectivity index (χ4v) is 3.48. The molecule has 1 aliphatic rings. The molecular formula is C20H27FN4O4. The molecule has 158 valence electrons. The number of amides is 1. The van der Waals surface area contributed by atoms with Crippen molar-refractivity contribution >= 4 is 17.1 Å². The van der Waals surface area contributed by atoms with Crippen molar-refractivity contribution in [3.8, 4) is 0 Å². The number of nitrogens with one attached hydrogen (secondary N) is 1. The zero-order valence-electron chi connectivity index (χ0n) is 17.0. The lowest BCUT2D eigenvalue weighted by Gasteiger charge is -2.32. The number of nitrogens with zero attached hydrogens (tertiary/aromatic N) is 3. The number of piperidine rings is 1. The molecule has 3 rings (SSSR count). The van der Waals surface area contributed by atoms with Gasteiger partial charge in [-0.25, -0.2) is 9.18 Å². The van der Waals surface area contributed by atoms with Crippen molar-refractivity contribution in [1.82, 2.24) is 14.8 Å². The van der Waals surface area contributed by atoms with E-state index in [0.717, 1.165) is 19.3 Å². The number of hydrogen-bond acceptors (Lipinski definition) is 5. The zero-order chi connectivity index (χ0) is 21.2. The minimum absolute atomic E-state index is 0.137. The number of aromatic nitrogens is 2. The van der Waals surface area contributed by atoms with Crippen LogP contribution in [0.5, 0.6) is 0 Å². The smallest absolute Gasteiger partial charge is 0.407 e. The first-order valence-electron chi connectivity index (χ1n) is 9.76. The molecule has 0 radical (unpaired) electrons. The molecule has 0 unspecified atom stereocenters. The van der Waals surface area contributed by atoms with Gasteiger partial charge in [0, 0.05) is 49.9 Å². The lowest BCUT2D eigenvalue weighted by atomic mass is 10.1. The van der Waals surface area contributed by atoms with Crippen LogP contribution in [0, 0.1) is 11.0 Å². The van der Waals surface area contributed by atoms with Crippen LogP contribution < -0.4 is 15.6 Å². The lowest BCUT2D eigenvalue weighted by molar-refractivity contribution is -0.578. The van der Waals surface area contributed by atoms with Crippen molar-refractivity contribution in [1.29, 1.82) is 0 Å². The maximum atomic E-state index is 13.7. The summed E-state index contributed by atoms with van der Waals surface area (Å²) >= 11 is 0. The SMILES string of the molecule is CC(C)(C)NC(=O)OC1CCN(CCn2c(=O)ccc3c2cc(F)c[n+]3[O-])CC1. The van der Waals surface area contributed by atoms with Crippen LogP contribution in [0.25, 0.3) is 11.0 Å². The van der Waals surface area contributed by atoms with Gasteiger partial charge in [0.1, 0.15) is 11.6 Å². The average molecular weight is 406 g/mol. The Morgan fingerprint density at radius 2 is 2.00 bits per heavy atom. The highest BCUT2D eigenvalue weighted by atomic mass is 19.1. The fraction of sp³-hybridized carbons (Fsp3) is 0.550. The largest absolute Gasteiger partial charge is 0.618 e. The standard InChI is InChI=1S/C20H27FN4O4/c1-20(2,3)22-19(27)29-15-6-8-23(9-7-15)10-11-24-17-12-14(21)13-25(28)16(17)4-5-18(24)26/h4-5,12-13,15H,6-11H2,1-3H3,(H,22,27). The second-order valence-corrected chi connectivity index (χ2v) is 8.40. The topological polar surface area (TPSA) is 90.5 Å². The van der Waals surface area contributed by atoms with Gasteiger partial charge in [-0.3, -0.25) is 4.79 Å². The molecule has 0 bridgehead atoms. The van der Waals surface area contributed by atoms with Gasteiger partial charge in [-0.2, -0.15) is 4.73 Å². The maximum absolute atomic E-state index is 13.7. The van der Waals surface area contributed by atoms with Gasteiger partial charge in [-0.15, -0.1) is 0 Å². The molecule has 8 nitrogen and oxygen atoms in total. The summed E-state index contributed by atoms with van der Waals surface area (Å²) < 4.78 is 21.0. The van der Waals surface area contributed by atoms with Gasteiger partial charge in [-0.05, 0) is 33.6 Å². The first-order valence-corrected chi connectivity index (χ1v) is 9.76. The Hall–Kier alpha value is -2.68. The van der Waals surface area contributed by atoms with Crippen LogP contribution in [0.2, 0.25) is 0 Å². The van der Waals surface area contributed by atoms with E-state index in [1.807, 2.05) is 20.8 Å². The van der Waals surface area contributed by atoms with E-state index in [9.17, 15) is 19.2 Å². The number of pyridine rings is 2. The third-order valence-electron chi connectivity index (χ3n) is 4.88. The van der Waals surface area contributed by atoms with E-state index < -0.39 is 11.9 Å². The van der Waals surface area contributed by atoms with Crippen molar-refractivity contribution < 1.29 is 18.7 Å². The molecule has 0 aromatic carbocycles. The van der Waals surface area contributed by atoms with Gasteiger partial charge in [0.15, 0.2) is 5.82 Å². The Balaban J connectivity index is 1.58. The van der Waals surface area contributed by atoms with E-state index in [2.05, 4.69) is 10.2 Å². The third kappa shape index (κ3) is 5.44. The molecule has 0 spiro atoms. The van der Waals surface area contributed by atoms with E-state index in [1.54, 1.807) is 0 Å². The van der Waals surface area contributed by atoms with E-state index in [4.69, 9.17) is 4.74 Å². The highest BCUT2D eigenvalue weighted by Gasteiger charge is 2.24. The number of hydrogen-bond donors (Lipinski definition) is 1. The summed E-state index contributed by atoms with van der Waals surface area (Å²) in [5.41, 5.74) is -0.0849. The van der Waals surface area contributed by atoms with Crippen LogP contribution in [0.1, 0.15) is 33.6 Å². The van der Waals surface area contributed by atoms with E-state index >= 15 is 0 Å². The predicted molar refractivity (Wildman–Crippen MR) is 106 cm³/mol. The van der Waals surface area contributed by atoms with Crippen LogP contribution in [0.3, 0.4) is 0 Å². The highest BCUT2D eigenvalue weighted by Crippen LogP contribution is 2.15. The minimum atomic E-state index is -0.682. The summed E-state index contributed by atoms with van der Waals surface area (Å²) in [4.78, 5) is 26.3. The molecule has 1 aliphatic heterocycles. The van der Waals surface area contributed by atoms with E-state index in [1.165, 1.54) is 22.8 Å². The van der Waals surface area contributed by atoms with Gasteiger partial charge in [0.2, 0.25) is 11.7 Å². The van der Waals surface area contributed by atoms with E-state index in [-0.39, 0.29) is 28.2 Å². The van der Waals surface area contributed by atoms with Crippen molar-refractivity contribution in [2.24, 2.45) is 0 Å². The lowest BCUT2D eigenvalue weighted by Crippen LogP contribution is -2.45. The summed E-state index contributed by atoms with van der Waals surface area (Å²) in [6.07, 6.45) is 1.71. The predicted octanol–water partition coefficient (Wildman–Crippen LogP) is 1.76. The second kappa shape index (κ2) is 8.36. The number of ether oxygens (including phenoxy) is 1. The van der Waals surface area contributed by atoms with Crippen LogP contribution in [0.15, 0.2) is 29.2 Å². The number of halogens is 1. The summed E-state index contributed by atoms with van der Waals surface area (Å²) in [6.45, 7) is 8.06. The number of fused-ring (bicyclic) bond motifs is 1. The molecule has 29 heavy (non-hydrogen) atoms. The number of alkyl carbamates (subject to hydrolysis) is 1. The van der Waals surface area contributed by atoms with Gasteiger partial charge < -0.3 is 24.7 Å². The third-order valence-corrected chi connectivity index (χ3v) is 4.88. The monoisotopic (exact) mass is 406 g/mol. The Labute approximate surface area is 168 Å². The summed E-state index contributed by atoms with van der Waals surface area (Å²) in [5, 5.41) is 14.7. The number of carbonyl (C=O) groups excluding carboxylic acids is 1. The molecule has 0 aliphatic carbocycles. The Kier molecular flexibility index (Phi) is 6.07. The van der Waals surface area contributed by atoms with Crippen LogP contribution in [-0.4, -0.2) is 46.8 Å². The Morgan fingerprint density at radius 3 is 2.66 bits per heavy atom. The number of likely N-dealkylation sites (tertiary alicyclic amines) is 1. The van der Waals surface area contributed by atoms with Crippen molar-refractivity contribution in [2.75, 3.05) is 19.6 Å². The number of rotatable bonds is 4. The van der Waals surface area contributed by atoms with Gasteiger partial charge in [0.25, 0.3) is 5.56 Å². The molecule has 1 N–H and O–H groups in total. The van der Waals surface area contributed by atoms with E-state index in [0.29, 0.717) is 30.7 Å². The fourth-order valence-electron chi connectivity index (χ4n) is 3.48. The summed E-state index contributed by atoms with van der Waals surface area (Å²) in [6, 6.07) is 3.94. The Bertz CT molecular complexity index is 946. The first-order chi connectivity index (χ1) is 13.6.